The zero-order chi connectivity index (χ0) is 21.8. The molecule has 6 heteroatoms. The summed E-state index contributed by atoms with van der Waals surface area (Å²) >= 11 is 1.50. The van der Waals surface area contributed by atoms with Gasteiger partial charge in [0.05, 0.1) is 30.0 Å². The highest BCUT2D eigenvalue weighted by Gasteiger charge is 2.22. The van der Waals surface area contributed by atoms with Crippen molar-refractivity contribution >= 4 is 32.6 Å². The molecule has 2 heterocycles. The average molecular weight is 432 g/mol. The van der Waals surface area contributed by atoms with Crippen LogP contribution in [0.1, 0.15) is 29.3 Å². The molecule has 158 valence electrons. The number of fused-ring (bicyclic) bond motifs is 1. The van der Waals surface area contributed by atoms with E-state index in [1.54, 1.807) is 11.1 Å². The van der Waals surface area contributed by atoms with Crippen molar-refractivity contribution in [3.8, 4) is 5.75 Å². The maximum Gasteiger partial charge on any atom is 0.233 e. The number of aromatic nitrogens is 2. The Morgan fingerprint density at radius 3 is 2.71 bits per heavy atom. The lowest BCUT2D eigenvalue weighted by Gasteiger charge is -2.20. The minimum atomic E-state index is -0.00498. The molecule has 31 heavy (non-hydrogen) atoms. The largest absolute Gasteiger partial charge is 0.492 e. The van der Waals surface area contributed by atoms with Crippen molar-refractivity contribution in [1.29, 1.82) is 0 Å². The monoisotopic (exact) mass is 431 g/mol. The normalized spacial score (nSPS) is 10.9. The van der Waals surface area contributed by atoms with Gasteiger partial charge in [-0.1, -0.05) is 47.2 Å². The molecule has 0 saturated heterocycles. The lowest BCUT2D eigenvalue weighted by atomic mass is 10.0. The Balaban J connectivity index is 1.71. The van der Waals surface area contributed by atoms with Gasteiger partial charge in [0.25, 0.3) is 0 Å². The fraction of sp³-hybridized carbons (Fsp3) is 0.240. The third-order valence-corrected chi connectivity index (χ3v) is 6.13. The molecule has 0 unspecified atom stereocenters. The number of ether oxygens (including phenoxy) is 1. The Kier molecular flexibility index (Phi) is 6.28. The van der Waals surface area contributed by atoms with Gasteiger partial charge in [-0.2, -0.15) is 0 Å². The number of anilines is 1. The van der Waals surface area contributed by atoms with Crippen LogP contribution < -0.4 is 9.64 Å². The fourth-order valence-corrected chi connectivity index (χ4v) is 4.52. The summed E-state index contributed by atoms with van der Waals surface area (Å²) in [5, 5.41) is 0.655. The molecule has 1 amide bonds. The zero-order valence-electron chi connectivity index (χ0n) is 18.0. The molecule has 4 rings (SSSR count). The quantitative estimate of drug-likeness (QED) is 0.389. The van der Waals surface area contributed by atoms with E-state index >= 15 is 0 Å². The molecule has 0 aliphatic carbocycles. The van der Waals surface area contributed by atoms with Crippen molar-refractivity contribution < 1.29 is 9.53 Å². The van der Waals surface area contributed by atoms with Crippen LogP contribution in [0.2, 0.25) is 0 Å². The molecule has 0 radical (unpaired) electrons. The predicted molar refractivity (Wildman–Crippen MR) is 126 cm³/mol. The van der Waals surface area contributed by atoms with Crippen LogP contribution >= 0.6 is 11.3 Å². The molecule has 2 aromatic heterocycles. The summed E-state index contributed by atoms with van der Waals surface area (Å²) < 4.78 is 6.73. The van der Waals surface area contributed by atoms with Gasteiger partial charge in [0, 0.05) is 6.20 Å². The smallest absolute Gasteiger partial charge is 0.233 e. The Labute approximate surface area is 186 Å². The van der Waals surface area contributed by atoms with E-state index in [0.29, 0.717) is 24.7 Å². The van der Waals surface area contributed by atoms with Crippen molar-refractivity contribution in [2.24, 2.45) is 0 Å². The number of aryl methyl sites for hydroxylation is 2. The second kappa shape index (κ2) is 9.27. The average Bonchev–Trinajstić information content (AvgIpc) is 3.20. The van der Waals surface area contributed by atoms with Gasteiger partial charge in [0.15, 0.2) is 5.13 Å². The van der Waals surface area contributed by atoms with E-state index in [1.807, 2.05) is 62.4 Å². The van der Waals surface area contributed by atoms with Crippen LogP contribution in [0.4, 0.5) is 5.13 Å². The van der Waals surface area contributed by atoms with Crippen LogP contribution in [0, 0.1) is 13.8 Å². The number of hydrogen-bond donors (Lipinski definition) is 0. The zero-order valence-corrected chi connectivity index (χ0v) is 18.8. The lowest BCUT2D eigenvalue weighted by molar-refractivity contribution is -0.118. The second-order valence-electron chi connectivity index (χ2n) is 7.44. The SMILES string of the molecule is CCOc1cccc2sc(N(Cc3ccccn3)C(=O)Cc3ccc(C)cc3C)nc12. The Morgan fingerprint density at radius 2 is 1.97 bits per heavy atom. The number of rotatable bonds is 7. The maximum atomic E-state index is 13.5. The highest BCUT2D eigenvalue weighted by molar-refractivity contribution is 7.22. The molecule has 0 aliphatic heterocycles. The number of benzene rings is 2. The maximum absolute atomic E-state index is 13.5. The summed E-state index contributed by atoms with van der Waals surface area (Å²) in [5.74, 6) is 0.733. The van der Waals surface area contributed by atoms with Crippen LogP contribution in [-0.2, 0) is 17.8 Å². The molecule has 4 aromatic rings. The van der Waals surface area contributed by atoms with Crippen LogP contribution in [0.3, 0.4) is 0 Å². The van der Waals surface area contributed by atoms with Gasteiger partial charge in [0.2, 0.25) is 5.91 Å². The van der Waals surface area contributed by atoms with Gasteiger partial charge < -0.3 is 4.74 Å². The number of hydrogen-bond acceptors (Lipinski definition) is 5. The number of nitrogens with zero attached hydrogens (tertiary/aromatic N) is 3. The van der Waals surface area contributed by atoms with Gasteiger partial charge in [-0.25, -0.2) is 4.98 Å². The summed E-state index contributed by atoms with van der Waals surface area (Å²) in [6, 6.07) is 17.8. The standard InChI is InChI=1S/C25H25N3O2S/c1-4-30-21-9-7-10-22-24(21)27-25(31-22)28(16-20-8-5-6-13-26-20)23(29)15-19-12-11-17(2)14-18(19)3/h5-14H,4,15-16H2,1-3H3. The van der Waals surface area contributed by atoms with E-state index in [2.05, 4.69) is 18.0 Å². The van der Waals surface area contributed by atoms with Gasteiger partial charge in [-0.05, 0) is 56.2 Å². The van der Waals surface area contributed by atoms with Gasteiger partial charge in [-0.15, -0.1) is 0 Å². The van der Waals surface area contributed by atoms with Crippen LogP contribution in [0.25, 0.3) is 10.2 Å². The van der Waals surface area contributed by atoms with Crippen molar-refractivity contribution in [3.05, 3.63) is 83.2 Å². The highest BCUT2D eigenvalue weighted by atomic mass is 32.1. The summed E-state index contributed by atoms with van der Waals surface area (Å²) in [7, 11) is 0. The third kappa shape index (κ3) is 4.75. The first kappa shape index (κ1) is 21.0. The molecule has 0 atom stereocenters. The highest BCUT2D eigenvalue weighted by Crippen LogP contribution is 2.35. The van der Waals surface area contributed by atoms with Crippen molar-refractivity contribution in [2.45, 2.75) is 33.7 Å². The molecule has 5 nitrogen and oxygen atoms in total. The predicted octanol–water partition coefficient (Wildman–Crippen LogP) is 5.48. The third-order valence-electron chi connectivity index (χ3n) is 5.09. The Bertz CT molecular complexity index is 1200. The van der Waals surface area contributed by atoms with Crippen LogP contribution in [0.5, 0.6) is 5.75 Å². The topological polar surface area (TPSA) is 55.3 Å². The number of amides is 1. The van der Waals surface area contributed by atoms with E-state index in [4.69, 9.17) is 9.72 Å². The van der Waals surface area contributed by atoms with E-state index in [9.17, 15) is 4.79 Å². The lowest BCUT2D eigenvalue weighted by Crippen LogP contribution is -2.32. The molecule has 2 aromatic carbocycles. The van der Waals surface area contributed by atoms with E-state index in [1.165, 1.54) is 16.9 Å². The van der Waals surface area contributed by atoms with Gasteiger partial charge >= 0.3 is 0 Å². The fourth-order valence-electron chi connectivity index (χ4n) is 3.52. The van der Waals surface area contributed by atoms with Crippen molar-refractivity contribution in [3.63, 3.8) is 0 Å². The van der Waals surface area contributed by atoms with Crippen molar-refractivity contribution in [1.82, 2.24) is 9.97 Å². The minimum Gasteiger partial charge on any atom is -0.492 e. The summed E-state index contributed by atoms with van der Waals surface area (Å²) in [6.45, 7) is 6.99. The number of para-hydroxylation sites is 1. The summed E-state index contributed by atoms with van der Waals surface area (Å²) in [6.07, 6.45) is 2.06. The molecule has 0 aliphatic rings. The van der Waals surface area contributed by atoms with Gasteiger partial charge in [-0.3, -0.25) is 14.7 Å². The van der Waals surface area contributed by atoms with Gasteiger partial charge in [0.1, 0.15) is 11.3 Å². The van der Waals surface area contributed by atoms with Crippen LogP contribution in [0.15, 0.2) is 60.8 Å². The number of carbonyl (C=O) groups excluding carboxylic acids is 1. The van der Waals surface area contributed by atoms with E-state index in [0.717, 1.165) is 32.8 Å². The number of carbonyl (C=O) groups is 1. The Hall–Kier alpha value is -3.25. The first-order valence-electron chi connectivity index (χ1n) is 10.3. The molecule has 0 N–H and O–H groups in total. The first-order valence-corrected chi connectivity index (χ1v) is 11.2. The molecule has 0 saturated carbocycles. The van der Waals surface area contributed by atoms with E-state index in [-0.39, 0.29) is 5.91 Å². The molecular formula is C25H25N3O2S. The number of pyridine rings is 1. The number of thiazole rings is 1. The van der Waals surface area contributed by atoms with Crippen LogP contribution in [-0.4, -0.2) is 22.5 Å². The Morgan fingerprint density at radius 1 is 1.10 bits per heavy atom. The van der Waals surface area contributed by atoms with Crippen molar-refractivity contribution in [2.75, 3.05) is 11.5 Å². The second-order valence-corrected chi connectivity index (χ2v) is 8.45. The first-order chi connectivity index (χ1) is 15.0. The molecule has 0 bridgehead atoms. The molecular weight excluding hydrogens is 406 g/mol. The van der Waals surface area contributed by atoms with E-state index < -0.39 is 0 Å². The minimum absolute atomic E-state index is 0.00498. The summed E-state index contributed by atoms with van der Waals surface area (Å²) in [5.41, 5.74) is 4.94. The summed E-state index contributed by atoms with van der Waals surface area (Å²) in [4.78, 5) is 24.4. The molecule has 0 fully saturated rings. The molecule has 0 spiro atoms.